The summed E-state index contributed by atoms with van der Waals surface area (Å²) in [6.45, 7) is 4.16. The Bertz CT molecular complexity index is 697. The monoisotopic (exact) mass is 355 g/mol. The summed E-state index contributed by atoms with van der Waals surface area (Å²) >= 11 is 0. The van der Waals surface area contributed by atoms with Crippen LogP contribution >= 0.6 is 0 Å². The second-order valence-corrected chi connectivity index (χ2v) is 7.96. The lowest BCUT2D eigenvalue weighted by atomic mass is 10.1. The number of ether oxygens (including phenoxy) is 1. The van der Waals surface area contributed by atoms with E-state index in [1.54, 1.807) is 19.1 Å². The first-order valence-corrected chi connectivity index (χ1v) is 9.65. The third-order valence-corrected chi connectivity index (χ3v) is 5.57. The van der Waals surface area contributed by atoms with Gasteiger partial charge in [-0.05, 0) is 18.2 Å². The summed E-state index contributed by atoms with van der Waals surface area (Å²) in [5.74, 6) is -0.0344. The zero-order chi connectivity index (χ0) is 17.9. The zero-order valence-corrected chi connectivity index (χ0v) is 15.5. The number of benzene rings is 1. The molecule has 24 heavy (non-hydrogen) atoms. The molecule has 1 heterocycles. The Hall–Kier alpha value is -1.64. The van der Waals surface area contributed by atoms with E-state index in [1.165, 1.54) is 17.5 Å². The summed E-state index contributed by atoms with van der Waals surface area (Å²) in [5.41, 5.74) is 2.81. The van der Waals surface area contributed by atoms with E-state index in [4.69, 9.17) is 4.74 Å². The van der Waals surface area contributed by atoms with Crippen molar-refractivity contribution in [1.82, 2.24) is 4.31 Å². The van der Waals surface area contributed by atoms with Gasteiger partial charge in [0.05, 0.1) is 12.9 Å². The maximum Gasteiger partial charge on any atom is 0.223 e. The van der Waals surface area contributed by atoms with Crippen LogP contribution in [-0.4, -0.2) is 65.2 Å². The standard InChI is InChI=1S/C16H25N3O4S/c1-13(20)17(2)15-5-6-16(14(11-15)12-23-3)18-7-9-19(10-8-18)24(4,21)22/h5-6,11H,7-10,12H2,1-4H3. The molecule has 7 nitrogen and oxygen atoms in total. The number of methoxy groups -OCH3 is 1. The number of sulfonamides is 1. The Kier molecular flexibility index (Phi) is 5.84. The topological polar surface area (TPSA) is 70.2 Å². The van der Waals surface area contributed by atoms with Crippen LogP contribution in [0, 0.1) is 0 Å². The zero-order valence-electron chi connectivity index (χ0n) is 14.7. The van der Waals surface area contributed by atoms with Gasteiger partial charge < -0.3 is 14.5 Å². The highest BCUT2D eigenvalue weighted by Crippen LogP contribution is 2.28. The van der Waals surface area contributed by atoms with Crippen molar-refractivity contribution >= 4 is 27.3 Å². The minimum absolute atomic E-state index is 0.0344. The summed E-state index contributed by atoms with van der Waals surface area (Å²) in [7, 11) is 0.225. The van der Waals surface area contributed by atoms with Gasteiger partial charge >= 0.3 is 0 Å². The third kappa shape index (κ3) is 4.25. The molecule has 0 N–H and O–H groups in total. The van der Waals surface area contributed by atoms with E-state index >= 15 is 0 Å². The molecule has 0 bridgehead atoms. The second-order valence-electron chi connectivity index (χ2n) is 5.97. The SMILES string of the molecule is COCc1cc(N(C)C(C)=O)ccc1N1CCN(S(C)(=O)=O)CC1. The van der Waals surface area contributed by atoms with E-state index in [-0.39, 0.29) is 5.91 Å². The van der Waals surface area contributed by atoms with E-state index in [2.05, 4.69) is 4.90 Å². The number of carbonyl (C=O) groups is 1. The molecule has 1 aromatic carbocycles. The van der Waals surface area contributed by atoms with Gasteiger partial charge in [-0.1, -0.05) is 0 Å². The molecule has 134 valence electrons. The van der Waals surface area contributed by atoms with Crippen LogP contribution in [0.5, 0.6) is 0 Å². The highest BCUT2D eigenvalue weighted by atomic mass is 32.2. The first-order valence-electron chi connectivity index (χ1n) is 7.80. The van der Waals surface area contributed by atoms with Gasteiger partial charge in [-0.3, -0.25) is 4.79 Å². The number of carbonyl (C=O) groups excluding carboxylic acids is 1. The van der Waals surface area contributed by atoms with Crippen LogP contribution in [-0.2, 0) is 26.2 Å². The number of nitrogens with zero attached hydrogens (tertiary/aromatic N) is 3. The molecule has 1 amide bonds. The van der Waals surface area contributed by atoms with E-state index in [0.717, 1.165) is 16.9 Å². The van der Waals surface area contributed by atoms with Crippen molar-refractivity contribution in [3.8, 4) is 0 Å². The van der Waals surface area contributed by atoms with Gasteiger partial charge in [0.15, 0.2) is 0 Å². The predicted octanol–water partition coefficient (Wildman–Crippen LogP) is 0.897. The first kappa shape index (κ1) is 18.7. The fraction of sp³-hybridized carbons (Fsp3) is 0.562. The molecule has 1 saturated heterocycles. The van der Waals surface area contributed by atoms with Crippen molar-refractivity contribution in [2.24, 2.45) is 0 Å². The summed E-state index contributed by atoms with van der Waals surface area (Å²) in [6.07, 6.45) is 1.24. The van der Waals surface area contributed by atoms with Crippen molar-refractivity contribution in [2.45, 2.75) is 13.5 Å². The highest BCUT2D eigenvalue weighted by molar-refractivity contribution is 7.88. The van der Waals surface area contributed by atoms with Crippen molar-refractivity contribution in [3.63, 3.8) is 0 Å². The van der Waals surface area contributed by atoms with Crippen molar-refractivity contribution in [3.05, 3.63) is 23.8 Å². The van der Waals surface area contributed by atoms with Gasteiger partial charge in [0.25, 0.3) is 0 Å². The van der Waals surface area contributed by atoms with Gasteiger partial charge in [0.2, 0.25) is 15.9 Å². The van der Waals surface area contributed by atoms with Crippen molar-refractivity contribution in [2.75, 3.05) is 56.4 Å². The number of piperazine rings is 1. The number of hydrogen-bond donors (Lipinski definition) is 0. The molecule has 0 radical (unpaired) electrons. The maximum atomic E-state index is 11.6. The normalized spacial score (nSPS) is 16.2. The molecule has 0 spiro atoms. The van der Waals surface area contributed by atoms with E-state index in [1.807, 2.05) is 18.2 Å². The molecule has 1 fully saturated rings. The molecule has 0 unspecified atom stereocenters. The van der Waals surface area contributed by atoms with Gasteiger partial charge in [-0.15, -0.1) is 0 Å². The van der Waals surface area contributed by atoms with E-state index < -0.39 is 10.0 Å². The van der Waals surface area contributed by atoms with Crippen LogP contribution in [0.2, 0.25) is 0 Å². The summed E-state index contributed by atoms with van der Waals surface area (Å²) in [5, 5.41) is 0. The van der Waals surface area contributed by atoms with Gasteiger partial charge in [-0.2, -0.15) is 4.31 Å². The lowest BCUT2D eigenvalue weighted by Crippen LogP contribution is -2.48. The first-order chi connectivity index (χ1) is 11.2. The van der Waals surface area contributed by atoms with Crippen LogP contribution in [0.1, 0.15) is 12.5 Å². The van der Waals surface area contributed by atoms with Crippen LogP contribution in [0.3, 0.4) is 0 Å². The average Bonchev–Trinajstić information content (AvgIpc) is 2.53. The molecule has 0 atom stereocenters. The fourth-order valence-corrected chi connectivity index (χ4v) is 3.63. The van der Waals surface area contributed by atoms with Crippen molar-refractivity contribution < 1.29 is 17.9 Å². The minimum Gasteiger partial charge on any atom is -0.380 e. The summed E-state index contributed by atoms with van der Waals surface area (Å²) in [6, 6.07) is 5.82. The molecule has 1 aromatic rings. The van der Waals surface area contributed by atoms with Gasteiger partial charge in [-0.25, -0.2) is 8.42 Å². The van der Waals surface area contributed by atoms with E-state index in [9.17, 15) is 13.2 Å². The van der Waals surface area contributed by atoms with Crippen LogP contribution in [0.25, 0.3) is 0 Å². The average molecular weight is 355 g/mol. The Morgan fingerprint density at radius 1 is 1.25 bits per heavy atom. The predicted molar refractivity (Wildman–Crippen MR) is 94.9 cm³/mol. The molecule has 8 heteroatoms. The third-order valence-electron chi connectivity index (χ3n) is 4.27. The number of amides is 1. The Balaban J connectivity index is 2.22. The maximum absolute atomic E-state index is 11.6. The minimum atomic E-state index is -3.14. The van der Waals surface area contributed by atoms with Gasteiger partial charge in [0, 0.05) is 64.2 Å². The molecule has 0 aliphatic carbocycles. The highest BCUT2D eigenvalue weighted by Gasteiger charge is 2.24. The molecule has 1 aliphatic heterocycles. The second kappa shape index (κ2) is 7.50. The Morgan fingerprint density at radius 3 is 2.38 bits per heavy atom. The molecule has 0 saturated carbocycles. The molecule has 2 rings (SSSR count). The quantitative estimate of drug-likeness (QED) is 0.785. The fourth-order valence-electron chi connectivity index (χ4n) is 2.80. The molecule has 0 aromatic heterocycles. The number of rotatable bonds is 5. The van der Waals surface area contributed by atoms with E-state index in [0.29, 0.717) is 32.8 Å². The lowest BCUT2D eigenvalue weighted by molar-refractivity contribution is -0.116. The Morgan fingerprint density at radius 2 is 1.88 bits per heavy atom. The van der Waals surface area contributed by atoms with Crippen LogP contribution in [0.4, 0.5) is 11.4 Å². The van der Waals surface area contributed by atoms with Crippen LogP contribution < -0.4 is 9.80 Å². The molecular formula is C16H25N3O4S. The summed E-state index contributed by atoms with van der Waals surface area (Å²) < 4.78 is 30.1. The smallest absolute Gasteiger partial charge is 0.223 e. The van der Waals surface area contributed by atoms with Crippen molar-refractivity contribution in [1.29, 1.82) is 0 Å². The summed E-state index contributed by atoms with van der Waals surface area (Å²) in [4.78, 5) is 15.3. The lowest BCUT2D eigenvalue weighted by Gasteiger charge is -2.36. The molecule has 1 aliphatic rings. The number of hydrogen-bond acceptors (Lipinski definition) is 5. The van der Waals surface area contributed by atoms with Crippen LogP contribution in [0.15, 0.2) is 18.2 Å². The Labute approximate surface area is 143 Å². The largest absolute Gasteiger partial charge is 0.380 e. The number of anilines is 2. The van der Waals surface area contributed by atoms with Gasteiger partial charge in [0.1, 0.15) is 0 Å². The molecular weight excluding hydrogens is 330 g/mol.